The van der Waals surface area contributed by atoms with Crippen LogP contribution in [0.1, 0.15) is 53.0 Å². The molecule has 2 rings (SSSR count). The zero-order valence-electron chi connectivity index (χ0n) is 16.0. The second kappa shape index (κ2) is 7.09. The van der Waals surface area contributed by atoms with E-state index < -0.39 is 10.7 Å². The fraction of sp³-hybridized carbons (Fsp3) is 0.381. The molecule has 2 aromatic rings. The molecule has 1 heterocycles. The minimum Gasteiger partial charge on any atom is -0.294 e. The van der Waals surface area contributed by atoms with E-state index in [9.17, 15) is 9.59 Å². The van der Waals surface area contributed by atoms with Crippen molar-refractivity contribution in [2.75, 3.05) is 0 Å². The molecule has 4 nitrogen and oxygen atoms in total. The third-order valence-electron chi connectivity index (χ3n) is 4.74. The summed E-state index contributed by atoms with van der Waals surface area (Å²) in [6.45, 7) is 9.10. The van der Waals surface area contributed by atoms with Crippen molar-refractivity contribution in [1.82, 2.24) is 9.78 Å². The van der Waals surface area contributed by atoms with Crippen LogP contribution >= 0.6 is 11.6 Å². The van der Waals surface area contributed by atoms with E-state index in [1.165, 1.54) is 0 Å². The Morgan fingerprint density at radius 1 is 1.23 bits per heavy atom. The summed E-state index contributed by atoms with van der Waals surface area (Å²) in [5, 5.41) is 4.01. The largest absolute Gasteiger partial charge is 0.294 e. The maximum atomic E-state index is 12.8. The van der Waals surface area contributed by atoms with Crippen molar-refractivity contribution in [2.45, 2.75) is 41.0 Å². The fourth-order valence-corrected chi connectivity index (χ4v) is 3.01. The highest BCUT2D eigenvalue weighted by atomic mass is 35.5. The van der Waals surface area contributed by atoms with Crippen molar-refractivity contribution < 1.29 is 9.59 Å². The van der Waals surface area contributed by atoms with Crippen molar-refractivity contribution in [3.05, 3.63) is 40.1 Å². The summed E-state index contributed by atoms with van der Waals surface area (Å²) in [5.74, 6) is 2.57. The molecule has 1 aromatic heterocycles. The Balaban J connectivity index is 2.58. The highest BCUT2D eigenvalue weighted by Crippen LogP contribution is 2.32. The molecule has 0 N–H and O–H groups in total. The summed E-state index contributed by atoms with van der Waals surface area (Å²) < 4.78 is 1.74. The molecular formula is C21H23ClN2O2. The van der Waals surface area contributed by atoms with Crippen molar-refractivity contribution in [3.63, 3.8) is 0 Å². The first-order valence-electron chi connectivity index (χ1n) is 8.34. The van der Waals surface area contributed by atoms with Gasteiger partial charge in [-0.15, -0.1) is 6.42 Å². The number of Topliss-reactive ketones (excluding diaryl/α,β-unsaturated/α-hetero) is 1. The molecule has 0 saturated carbocycles. The number of aryl methyl sites for hydroxylation is 3. The average molecular weight is 371 g/mol. The molecule has 0 unspecified atom stereocenters. The topological polar surface area (TPSA) is 52.0 Å². The number of aromatic nitrogens is 2. The minimum atomic E-state index is -0.915. The lowest BCUT2D eigenvalue weighted by molar-refractivity contribution is -0.118. The van der Waals surface area contributed by atoms with Crippen LogP contribution < -0.4 is 0 Å². The number of halogens is 1. The summed E-state index contributed by atoms with van der Waals surface area (Å²) in [6.07, 6.45) is 5.72. The monoisotopic (exact) mass is 370 g/mol. The van der Waals surface area contributed by atoms with Gasteiger partial charge in [-0.3, -0.25) is 14.3 Å². The molecule has 0 saturated heterocycles. The Morgan fingerprint density at radius 3 is 2.38 bits per heavy atom. The summed E-state index contributed by atoms with van der Waals surface area (Å²) in [4.78, 5) is 24.4. The first-order valence-corrected chi connectivity index (χ1v) is 8.72. The number of terminal acetylenes is 1. The predicted octanol–water partition coefficient (Wildman–Crippen LogP) is 4.36. The quantitative estimate of drug-likeness (QED) is 0.446. The zero-order valence-corrected chi connectivity index (χ0v) is 16.8. The molecule has 26 heavy (non-hydrogen) atoms. The van der Waals surface area contributed by atoms with Crippen LogP contribution in [0.2, 0.25) is 0 Å². The van der Waals surface area contributed by atoms with E-state index in [0.717, 1.165) is 22.4 Å². The van der Waals surface area contributed by atoms with E-state index in [1.807, 2.05) is 40.0 Å². The summed E-state index contributed by atoms with van der Waals surface area (Å²) >= 11 is 5.63. The number of benzene rings is 1. The number of carbonyl (C=O) groups excluding carboxylic acids is 2. The van der Waals surface area contributed by atoms with Crippen LogP contribution in [0.4, 0.5) is 0 Å². The number of ketones is 1. The van der Waals surface area contributed by atoms with Gasteiger partial charge in [-0.05, 0) is 49.6 Å². The summed E-state index contributed by atoms with van der Waals surface area (Å²) in [7, 11) is 1.84. The first kappa shape index (κ1) is 19.9. The second-order valence-corrected chi connectivity index (χ2v) is 7.66. The van der Waals surface area contributed by atoms with Crippen LogP contribution in [0, 0.1) is 38.5 Å². The van der Waals surface area contributed by atoms with Crippen LogP contribution in [-0.2, 0) is 11.8 Å². The van der Waals surface area contributed by atoms with Gasteiger partial charge >= 0.3 is 0 Å². The van der Waals surface area contributed by atoms with Gasteiger partial charge in [0, 0.05) is 30.0 Å². The molecule has 0 aliphatic heterocycles. The average Bonchev–Trinajstić information content (AvgIpc) is 2.81. The van der Waals surface area contributed by atoms with E-state index in [-0.39, 0.29) is 12.2 Å². The van der Waals surface area contributed by atoms with Crippen LogP contribution in [0.25, 0.3) is 11.3 Å². The molecule has 0 radical (unpaired) electrons. The molecule has 1 aromatic carbocycles. The van der Waals surface area contributed by atoms with E-state index >= 15 is 0 Å². The second-order valence-electron chi connectivity index (χ2n) is 7.32. The highest BCUT2D eigenvalue weighted by Gasteiger charge is 2.30. The SMILES string of the molecule is C#Cc1c(-c2cc(C(=O)CC(C)(C)C(=O)Cl)c(C)cc2C)nn(C)c1C. The molecule has 0 spiro atoms. The van der Waals surface area contributed by atoms with Crippen molar-refractivity contribution in [1.29, 1.82) is 0 Å². The maximum absolute atomic E-state index is 12.8. The van der Waals surface area contributed by atoms with Gasteiger partial charge in [0.2, 0.25) is 5.24 Å². The van der Waals surface area contributed by atoms with Crippen molar-refractivity contribution in [3.8, 4) is 23.6 Å². The highest BCUT2D eigenvalue weighted by molar-refractivity contribution is 6.64. The van der Waals surface area contributed by atoms with Gasteiger partial charge in [0.05, 0.1) is 11.3 Å². The number of carbonyl (C=O) groups is 2. The van der Waals surface area contributed by atoms with E-state index in [0.29, 0.717) is 16.8 Å². The molecule has 0 amide bonds. The lowest BCUT2D eigenvalue weighted by Gasteiger charge is -2.19. The standard InChI is InChI=1S/C21H23ClN2O2/c1-8-15-14(4)24(7)23-19(15)17-10-16(12(2)9-13(17)3)18(25)11-21(5,6)20(22)26/h1,9-10H,11H2,2-7H3. The number of nitrogens with zero attached hydrogens (tertiary/aromatic N) is 2. The maximum Gasteiger partial charge on any atom is 0.227 e. The number of hydrogen-bond donors (Lipinski definition) is 0. The molecular weight excluding hydrogens is 348 g/mol. The van der Waals surface area contributed by atoms with Gasteiger partial charge in [0.1, 0.15) is 5.69 Å². The first-order chi connectivity index (χ1) is 12.0. The number of rotatable bonds is 5. The van der Waals surface area contributed by atoms with Crippen LogP contribution in [0.3, 0.4) is 0 Å². The van der Waals surface area contributed by atoms with Gasteiger partial charge in [0.25, 0.3) is 0 Å². The summed E-state index contributed by atoms with van der Waals surface area (Å²) in [6, 6.07) is 3.77. The molecule has 136 valence electrons. The van der Waals surface area contributed by atoms with Crippen molar-refractivity contribution in [2.24, 2.45) is 12.5 Å². The Labute approximate surface area is 159 Å². The van der Waals surface area contributed by atoms with Gasteiger partial charge < -0.3 is 0 Å². The van der Waals surface area contributed by atoms with E-state index in [2.05, 4.69) is 11.0 Å². The van der Waals surface area contributed by atoms with E-state index in [1.54, 1.807) is 18.5 Å². The van der Waals surface area contributed by atoms with Gasteiger partial charge in [-0.1, -0.05) is 25.8 Å². The van der Waals surface area contributed by atoms with Gasteiger partial charge in [-0.25, -0.2) is 0 Å². The molecule has 0 bridgehead atoms. The Morgan fingerprint density at radius 2 is 1.85 bits per heavy atom. The Hall–Kier alpha value is -2.38. The summed E-state index contributed by atoms with van der Waals surface area (Å²) in [5.41, 5.74) is 4.60. The third kappa shape index (κ3) is 3.59. The van der Waals surface area contributed by atoms with Crippen molar-refractivity contribution >= 4 is 22.6 Å². The predicted molar refractivity (Wildman–Crippen MR) is 104 cm³/mol. The molecule has 0 aliphatic carbocycles. The molecule has 0 aliphatic rings. The normalized spacial score (nSPS) is 11.3. The van der Waals surface area contributed by atoms with Crippen LogP contribution in [0.15, 0.2) is 12.1 Å². The Kier molecular flexibility index (Phi) is 5.44. The van der Waals surface area contributed by atoms with Gasteiger partial charge in [0.15, 0.2) is 5.78 Å². The zero-order chi connectivity index (χ0) is 19.8. The lowest BCUT2D eigenvalue weighted by Crippen LogP contribution is -2.24. The van der Waals surface area contributed by atoms with Gasteiger partial charge in [-0.2, -0.15) is 5.10 Å². The Bertz CT molecular complexity index is 946. The third-order valence-corrected chi connectivity index (χ3v) is 5.25. The molecule has 0 fully saturated rings. The molecule has 5 heteroatoms. The van der Waals surface area contributed by atoms with Crippen LogP contribution in [-0.4, -0.2) is 20.8 Å². The number of hydrogen-bond acceptors (Lipinski definition) is 3. The molecule has 0 atom stereocenters. The smallest absolute Gasteiger partial charge is 0.227 e. The van der Waals surface area contributed by atoms with E-state index in [4.69, 9.17) is 18.0 Å². The minimum absolute atomic E-state index is 0.0436. The lowest BCUT2D eigenvalue weighted by atomic mass is 9.84. The van der Waals surface area contributed by atoms with Crippen LogP contribution in [0.5, 0.6) is 0 Å². The fourth-order valence-electron chi connectivity index (χ4n) is 2.94.